The highest BCUT2D eigenvalue weighted by Gasteiger charge is 2.13. The third-order valence-electron chi connectivity index (χ3n) is 2.68. The molecule has 2 aromatic carbocycles. The van der Waals surface area contributed by atoms with E-state index in [-0.39, 0.29) is 5.78 Å². The molecule has 2 rings (SSSR count). The van der Waals surface area contributed by atoms with Crippen LogP contribution in [0.25, 0.3) is 11.1 Å². The summed E-state index contributed by atoms with van der Waals surface area (Å²) in [5.41, 5.74) is 2.32. The quantitative estimate of drug-likeness (QED) is 0.805. The van der Waals surface area contributed by atoms with Gasteiger partial charge in [0.05, 0.1) is 0 Å². The SMILES string of the molecule is CS(=O)(=O)CC(=O)c1cccc(-c2ccccc2)c1. The molecule has 98 valence electrons. The topological polar surface area (TPSA) is 51.2 Å². The van der Waals surface area contributed by atoms with Crippen molar-refractivity contribution in [3.05, 3.63) is 60.2 Å². The van der Waals surface area contributed by atoms with Gasteiger partial charge in [-0.1, -0.05) is 48.5 Å². The first-order valence-electron chi connectivity index (χ1n) is 5.82. The van der Waals surface area contributed by atoms with Crippen LogP contribution in [0.1, 0.15) is 10.4 Å². The van der Waals surface area contributed by atoms with E-state index in [1.807, 2.05) is 36.4 Å². The molecule has 0 amide bonds. The van der Waals surface area contributed by atoms with E-state index < -0.39 is 15.6 Å². The van der Waals surface area contributed by atoms with Gasteiger partial charge in [0.15, 0.2) is 15.6 Å². The van der Waals surface area contributed by atoms with E-state index in [2.05, 4.69) is 0 Å². The molecule has 0 fully saturated rings. The fourth-order valence-electron chi connectivity index (χ4n) is 1.82. The largest absolute Gasteiger partial charge is 0.293 e. The number of Topliss-reactive ketones (excluding diaryl/α,β-unsaturated/α-hetero) is 1. The van der Waals surface area contributed by atoms with Gasteiger partial charge in [-0.3, -0.25) is 4.79 Å². The van der Waals surface area contributed by atoms with Gasteiger partial charge >= 0.3 is 0 Å². The summed E-state index contributed by atoms with van der Waals surface area (Å²) in [6, 6.07) is 16.7. The van der Waals surface area contributed by atoms with E-state index in [1.54, 1.807) is 18.2 Å². The minimum absolute atomic E-state index is 0.375. The maximum atomic E-state index is 11.9. The minimum Gasteiger partial charge on any atom is -0.293 e. The number of hydrogen-bond acceptors (Lipinski definition) is 3. The molecule has 4 heteroatoms. The molecular weight excluding hydrogens is 260 g/mol. The lowest BCUT2D eigenvalue weighted by Crippen LogP contribution is -2.14. The van der Waals surface area contributed by atoms with E-state index in [0.717, 1.165) is 17.4 Å². The Morgan fingerprint density at radius 1 is 0.947 bits per heavy atom. The first-order chi connectivity index (χ1) is 8.96. The standard InChI is InChI=1S/C15H14O3S/c1-19(17,18)11-15(16)14-9-5-8-13(10-14)12-6-3-2-4-7-12/h2-10H,11H2,1H3. The van der Waals surface area contributed by atoms with Crippen LogP contribution >= 0.6 is 0 Å². The van der Waals surface area contributed by atoms with Gasteiger partial charge < -0.3 is 0 Å². The Morgan fingerprint density at radius 2 is 1.58 bits per heavy atom. The highest BCUT2D eigenvalue weighted by molar-refractivity contribution is 7.91. The highest BCUT2D eigenvalue weighted by Crippen LogP contribution is 2.20. The summed E-state index contributed by atoms with van der Waals surface area (Å²) in [4.78, 5) is 11.9. The van der Waals surface area contributed by atoms with Crippen molar-refractivity contribution >= 4 is 15.6 Å². The van der Waals surface area contributed by atoms with Crippen molar-refractivity contribution in [2.24, 2.45) is 0 Å². The van der Waals surface area contributed by atoms with Crippen LogP contribution in [0.4, 0.5) is 0 Å². The average Bonchev–Trinajstić information content (AvgIpc) is 2.38. The molecule has 3 nitrogen and oxygen atoms in total. The second-order valence-corrected chi connectivity index (χ2v) is 6.58. The summed E-state index contributed by atoms with van der Waals surface area (Å²) in [6.45, 7) is 0. The molecule has 0 heterocycles. The molecule has 19 heavy (non-hydrogen) atoms. The van der Waals surface area contributed by atoms with Crippen LogP contribution in [0, 0.1) is 0 Å². The Hall–Kier alpha value is -1.94. The van der Waals surface area contributed by atoms with Gasteiger partial charge in [0.1, 0.15) is 5.75 Å². The van der Waals surface area contributed by atoms with Crippen LogP contribution in [0.5, 0.6) is 0 Å². The van der Waals surface area contributed by atoms with E-state index >= 15 is 0 Å². The van der Waals surface area contributed by atoms with E-state index in [4.69, 9.17) is 0 Å². The molecule has 0 bridgehead atoms. The van der Waals surface area contributed by atoms with Crippen LogP contribution in [-0.2, 0) is 9.84 Å². The molecule has 0 aliphatic heterocycles. The highest BCUT2D eigenvalue weighted by atomic mass is 32.2. The number of carbonyl (C=O) groups excluding carboxylic acids is 1. The van der Waals surface area contributed by atoms with E-state index in [9.17, 15) is 13.2 Å². The Labute approximate surface area is 112 Å². The van der Waals surface area contributed by atoms with Crippen molar-refractivity contribution in [2.45, 2.75) is 0 Å². The van der Waals surface area contributed by atoms with Gasteiger partial charge in [0, 0.05) is 11.8 Å². The Balaban J connectivity index is 2.33. The summed E-state index contributed by atoms with van der Waals surface area (Å²) in [5, 5.41) is 0. The molecule has 0 spiro atoms. The minimum atomic E-state index is -3.30. The number of benzene rings is 2. The van der Waals surface area contributed by atoms with Crippen molar-refractivity contribution in [1.82, 2.24) is 0 Å². The van der Waals surface area contributed by atoms with Crippen molar-refractivity contribution in [1.29, 1.82) is 0 Å². The predicted octanol–water partition coefficient (Wildman–Crippen LogP) is 2.58. The summed E-state index contributed by atoms with van der Waals surface area (Å²) < 4.78 is 22.3. The first-order valence-corrected chi connectivity index (χ1v) is 7.88. The molecule has 0 aromatic heterocycles. The lowest BCUT2D eigenvalue weighted by Gasteiger charge is -2.04. The van der Waals surface area contributed by atoms with Gasteiger partial charge in [-0.05, 0) is 17.2 Å². The van der Waals surface area contributed by atoms with Crippen LogP contribution < -0.4 is 0 Å². The number of ketones is 1. The molecule has 0 aliphatic rings. The number of carbonyl (C=O) groups is 1. The molecule has 0 aliphatic carbocycles. The second-order valence-electron chi connectivity index (χ2n) is 4.44. The molecule has 0 radical (unpaired) electrons. The zero-order valence-corrected chi connectivity index (χ0v) is 11.4. The number of hydrogen-bond donors (Lipinski definition) is 0. The van der Waals surface area contributed by atoms with Crippen LogP contribution in [0.2, 0.25) is 0 Å². The molecular formula is C15H14O3S. The van der Waals surface area contributed by atoms with Crippen LogP contribution in [0.15, 0.2) is 54.6 Å². The summed E-state index contributed by atoms with van der Waals surface area (Å²) in [5.74, 6) is -0.828. The predicted molar refractivity (Wildman–Crippen MR) is 75.9 cm³/mol. The van der Waals surface area contributed by atoms with Gasteiger partial charge in [-0.2, -0.15) is 0 Å². The maximum Gasteiger partial charge on any atom is 0.177 e. The van der Waals surface area contributed by atoms with Gasteiger partial charge in [-0.15, -0.1) is 0 Å². The molecule has 0 atom stereocenters. The van der Waals surface area contributed by atoms with Gasteiger partial charge in [0.25, 0.3) is 0 Å². The number of rotatable bonds is 4. The van der Waals surface area contributed by atoms with Gasteiger partial charge in [0.2, 0.25) is 0 Å². The third-order valence-corrected chi connectivity index (χ3v) is 3.47. The summed E-state index contributed by atoms with van der Waals surface area (Å²) in [7, 11) is -3.30. The molecule has 0 unspecified atom stereocenters. The van der Waals surface area contributed by atoms with Crippen molar-refractivity contribution < 1.29 is 13.2 Å². The molecule has 2 aromatic rings. The monoisotopic (exact) mass is 274 g/mol. The molecule has 0 saturated carbocycles. The average molecular weight is 274 g/mol. The lowest BCUT2D eigenvalue weighted by atomic mass is 10.0. The van der Waals surface area contributed by atoms with Gasteiger partial charge in [-0.25, -0.2) is 8.42 Å². The zero-order valence-electron chi connectivity index (χ0n) is 10.5. The molecule has 0 N–H and O–H groups in total. The van der Waals surface area contributed by atoms with Crippen molar-refractivity contribution in [3.63, 3.8) is 0 Å². The lowest BCUT2D eigenvalue weighted by molar-refractivity contribution is 0.102. The second kappa shape index (κ2) is 5.36. The molecule has 0 saturated heterocycles. The zero-order chi connectivity index (χ0) is 13.9. The maximum absolute atomic E-state index is 11.9. The van der Waals surface area contributed by atoms with Crippen LogP contribution in [-0.4, -0.2) is 26.2 Å². The third kappa shape index (κ3) is 3.76. The first kappa shape index (κ1) is 13.5. The van der Waals surface area contributed by atoms with Crippen LogP contribution in [0.3, 0.4) is 0 Å². The Morgan fingerprint density at radius 3 is 2.21 bits per heavy atom. The van der Waals surface area contributed by atoms with Crippen molar-refractivity contribution in [3.8, 4) is 11.1 Å². The fourth-order valence-corrected chi connectivity index (χ4v) is 2.47. The smallest absolute Gasteiger partial charge is 0.177 e. The summed E-state index contributed by atoms with van der Waals surface area (Å²) in [6.07, 6.45) is 1.06. The van der Waals surface area contributed by atoms with E-state index in [0.29, 0.717) is 5.56 Å². The van der Waals surface area contributed by atoms with Crippen molar-refractivity contribution in [2.75, 3.05) is 12.0 Å². The Bertz CT molecular complexity index is 688. The summed E-state index contributed by atoms with van der Waals surface area (Å²) >= 11 is 0. The van der Waals surface area contributed by atoms with E-state index in [1.165, 1.54) is 0 Å². The Kier molecular flexibility index (Phi) is 3.81. The number of sulfone groups is 1. The fraction of sp³-hybridized carbons (Fsp3) is 0.133. The normalized spacial score (nSPS) is 11.2.